The molecule has 5 rings (SSSR count). The lowest BCUT2D eigenvalue weighted by Crippen LogP contribution is -2.16. The molecule has 34 heavy (non-hydrogen) atoms. The van der Waals surface area contributed by atoms with Crippen LogP contribution in [-0.4, -0.2) is 30.6 Å². The quantitative estimate of drug-likeness (QED) is 0.286. The molecule has 0 saturated carbocycles. The molecule has 3 N–H and O–H groups in total. The Morgan fingerprint density at radius 1 is 1.12 bits per heavy atom. The van der Waals surface area contributed by atoms with Crippen LogP contribution in [0.3, 0.4) is 0 Å². The Balaban J connectivity index is 1.44. The van der Waals surface area contributed by atoms with Crippen LogP contribution in [0.4, 0.5) is 0 Å². The predicted octanol–water partition coefficient (Wildman–Crippen LogP) is 4.23. The number of aromatic amines is 1. The number of rotatable bonds is 7. The molecule has 0 amide bonds. The van der Waals surface area contributed by atoms with E-state index in [2.05, 4.69) is 31.1 Å². The van der Waals surface area contributed by atoms with Gasteiger partial charge in [0.1, 0.15) is 17.8 Å². The first-order valence-electron chi connectivity index (χ1n) is 10.9. The highest BCUT2D eigenvalue weighted by Gasteiger charge is 2.18. The molecule has 0 aliphatic carbocycles. The van der Waals surface area contributed by atoms with Gasteiger partial charge in [-0.05, 0) is 23.3 Å². The SMILES string of the molecule is N#CCC(c1cccc(C(N)=NCc2ccccc2)c1)n1cc(-c2ncnc3[nH]ccc23)cn1. The zero-order chi connectivity index (χ0) is 23.3. The Hall–Kier alpha value is -4.77. The van der Waals surface area contributed by atoms with E-state index in [1.54, 1.807) is 10.9 Å². The van der Waals surface area contributed by atoms with Gasteiger partial charge in [-0.25, -0.2) is 9.97 Å². The van der Waals surface area contributed by atoms with Gasteiger partial charge in [-0.3, -0.25) is 9.67 Å². The van der Waals surface area contributed by atoms with Crippen LogP contribution in [0.1, 0.15) is 29.2 Å². The average Bonchev–Trinajstić information content (AvgIpc) is 3.56. The molecular weight excluding hydrogens is 424 g/mol. The minimum atomic E-state index is -0.274. The zero-order valence-electron chi connectivity index (χ0n) is 18.3. The molecule has 0 aliphatic heterocycles. The second-order valence-corrected chi connectivity index (χ2v) is 7.86. The van der Waals surface area contributed by atoms with E-state index in [1.165, 1.54) is 6.33 Å². The number of nitriles is 1. The maximum Gasteiger partial charge on any atom is 0.141 e. The highest BCUT2D eigenvalue weighted by atomic mass is 15.3. The molecule has 3 aromatic heterocycles. The number of hydrogen-bond donors (Lipinski definition) is 2. The van der Waals surface area contributed by atoms with Crippen LogP contribution in [-0.2, 0) is 6.54 Å². The van der Waals surface area contributed by atoms with Crippen LogP contribution < -0.4 is 5.73 Å². The van der Waals surface area contributed by atoms with Crippen molar-refractivity contribution in [3.05, 3.63) is 102 Å². The van der Waals surface area contributed by atoms with Gasteiger partial charge in [0.15, 0.2) is 0 Å². The van der Waals surface area contributed by atoms with Crippen molar-refractivity contribution in [3.8, 4) is 17.3 Å². The molecule has 0 radical (unpaired) electrons. The second-order valence-electron chi connectivity index (χ2n) is 7.86. The summed E-state index contributed by atoms with van der Waals surface area (Å²) in [7, 11) is 0. The third-order valence-corrected chi connectivity index (χ3v) is 5.67. The molecule has 166 valence electrons. The van der Waals surface area contributed by atoms with E-state index >= 15 is 0 Å². The Bertz CT molecular complexity index is 1490. The molecule has 2 aromatic carbocycles. The van der Waals surface area contributed by atoms with E-state index in [-0.39, 0.29) is 12.5 Å². The predicted molar refractivity (Wildman–Crippen MR) is 131 cm³/mol. The normalized spacial score (nSPS) is 12.5. The lowest BCUT2D eigenvalue weighted by atomic mass is 10.0. The monoisotopic (exact) mass is 446 g/mol. The van der Waals surface area contributed by atoms with Gasteiger partial charge in [0, 0.05) is 28.9 Å². The van der Waals surface area contributed by atoms with Crippen molar-refractivity contribution in [1.82, 2.24) is 24.7 Å². The molecule has 0 spiro atoms. The van der Waals surface area contributed by atoms with Crippen LogP contribution in [0, 0.1) is 11.3 Å². The molecule has 0 fully saturated rings. The van der Waals surface area contributed by atoms with Crippen molar-refractivity contribution >= 4 is 16.9 Å². The fourth-order valence-electron chi connectivity index (χ4n) is 3.94. The number of aromatic nitrogens is 5. The Labute approximate surface area is 196 Å². The summed E-state index contributed by atoms with van der Waals surface area (Å²) in [6.07, 6.45) is 7.30. The third-order valence-electron chi connectivity index (χ3n) is 5.67. The zero-order valence-corrected chi connectivity index (χ0v) is 18.3. The fourth-order valence-corrected chi connectivity index (χ4v) is 3.94. The summed E-state index contributed by atoms with van der Waals surface area (Å²) in [5, 5.41) is 15.0. The summed E-state index contributed by atoms with van der Waals surface area (Å²) < 4.78 is 1.80. The minimum absolute atomic E-state index is 0.259. The smallest absolute Gasteiger partial charge is 0.141 e. The van der Waals surface area contributed by atoms with E-state index < -0.39 is 0 Å². The molecule has 0 bridgehead atoms. The lowest BCUT2D eigenvalue weighted by Gasteiger charge is -2.16. The van der Waals surface area contributed by atoms with Crippen LogP contribution in [0.25, 0.3) is 22.3 Å². The number of nitrogens with zero attached hydrogens (tertiary/aromatic N) is 6. The lowest BCUT2D eigenvalue weighted by molar-refractivity contribution is 0.532. The Kier molecular flexibility index (Phi) is 5.82. The van der Waals surface area contributed by atoms with Crippen LogP contribution in [0.15, 0.2) is 90.6 Å². The molecule has 3 heterocycles. The first kappa shape index (κ1) is 21.1. The van der Waals surface area contributed by atoms with Gasteiger partial charge in [-0.2, -0.15) is 10.4 Å². The van der Waals surface area contributed by atoms with Crippen LogP contribution in [0.2, 0.25) is 0 Å². The van der Waals surface area contributed by atoms with E-state index in [0.717, 1.165) is 39.0 Å². The van der Waals surface area contributed by atoms with Gasteiger partial charge in [0.05, 0.1) is 37.0 Å². The first-order chi connectivity index (χ1) is 16.7. The number of aliphatic imine (C=N–C) groups is 1. The van der Waals surface area contributed by atoms with Crippen molar-refractivity contribution in [2.75, 3.05) is 0 Å². The van der Waals surface area contributed by atoms with Crippen molar-refractivity contribution in [2.24, 2.45) is 10.7 Å². The molecule has 8 heteroatoms. The number of amidine groups is 1. The molecular formula is C26H22N8. The fraction of sp³-hybridized carbons (Fsp3) is 0.115. The number of H-pyrrole nitrogens is 1. The maximum atomic E-state index is 9.52. The van der Waals surface area contributed by atoms with Gasteiger partial charge in [0.25, 0.3) is 0 Å². The number of benzene rings is 2. The number of hydrogen-bond acceptors (Lipinski definition) is 5. The Morgan fingerprint density at radius 2 is 2.00 bits per heavy atom. The third kappa shape index (κ3) is 4.27. The minimum Gasteiger partial charge on any atom is -0.383 e. The highest BCUT2D eigenvalue weighted by molar-refractivity contribution is 5.97. The van der Waals surface area contributed by atoms with Crippen LogP contribution >= 0.6 is 0 Å². The highest BCUT2D eigenvalue weighted by Crippen LogP contribution is 2.28. The second kappa shape index (κ2) is 9.38. The molecule has 1 unspecified atom stereocenters. The molecule has 0 saturated heterocycles. The van der Waals surface area contributed by atoms with Gasteiger partial charge in [-0.15, -0.1) is 0 Å². The van der Waals surface area contributed by atoms with Gasteiger partial charge < -0.3 is 10.7 Å². The average molecular weight is 447 g/mol. The summed E-state index contributed by atoms with van der Waals surface area (Å²) >= 11 is 0. The summed E-state index contributed by atoms with van der Waals surface area (Å²) in [5.74, 6) is 0.457. The Morgan fingerprint density at radius 3 is 2.85 bits per heavy atom. The first-order valence-corrected chi connectivity index (χ1v) is 10.9. The number of fused-ring (bicyclic) bond motifs is 1. The van der Waals surface area contributed by atoms with Crippen molar-refractivity contribution in [1.29, 1.82) is 5.26 Å². The standard InChI is InChI=1S/C26H22N8/c27-11-9-23(34-16-21(15-33-34)24-22-10-12-29-26(22)32-17-31-24)19-7-4-8-20(13-19)25(28)30-14-18-5-2-1-3-6-18/h1-8,10,12-13,15-17,23H,9,14H2,(H2,28,30)(H,29,31,32). The molecule has 0 aliphatic rings. The number of nitrogens with two attached hydrogens (primary N) is 1. The number of nitrogens with one attached hydrogen (secondary N) is 1. The van der Waals surface area contributed by atoms with Crippen molar-refractivity contribution in [3.63, 3.8) is 0 Å². The summed E-state index contributed by atoms with van der Waals surface area (Å²) in [4.78, 5) is 16.3. The van der Waals surface area contributed by atoms with E-state index in [1.807, 2.05) is 73.1 Å². The van der Waals surface area contributed by atoms with Crippen molar-refractivity contribution < 1.29 is 0 Å². The largest absolute Gasteiger partial charge is 0.383 e. The van der Waals surface area contributed by atoms with Gasteiger partial charge in [0.2, 0.25) is 0 Å². The van der Waals surface area contributed by atoms with E-state index in [0.29, 0.717) is 12.4 Å². The topological polar surface area (TPSA) is 122 Å². The van der Waals surface area contributed by atoms with E-state index in [4.69, 9.17) is 5.73 Å². The van der Waals surface area contributed by atoms with Gasteiger partial charge >= 0.3 is 0 Å². The maximum absolute atomic E-state index is 9.52. The summed E-state index contributed by atoms with van der Waals surface area (Å²) in [6, 6.07) is 21.7. The van der Waals surface area contributed by atoms with Crippen LogP contribution in [0.5, 0.6) is 0 Å². The molecule has 1 atom stereocenters. The molecule has 8 nitrogen and oxygen atoms in total. The summed E-state index contributed by atoms with van der Waals surface area (Å²) in [6.45, 7) is 0.508. The van der Waals surface area contributed by atoms with Crippen molar-refractivity contribution in [2.45, 2.75) is 19.0 Å². The van der Waals surface area contributed by atoms with Gasteiger partial charge in [-0.1, -0.05) is 48.5 Å². The van der Waals surface area contributed by atoms with E-state index in [9.17, 15) is 5.26 Å². The molecule has 5 aromatic rings. The summed E-state index contributed by atoms with van der Waals surface area (Å²) in [5.41, 5.74) is 11.5.